The van der Waals surface area contributed by atoms with Crippen molar-refractivity contribution in [1.82, 2.24) is 15.0 Å². The molecule has 0 fully saturated rings. The van der Waals surface area contributed by atoms with Gasteiger partial charge >= 0.3 is 0 Å². The van der Waals surface area contributed by atoms with E-state index in [-0.39, 0.29) is 0 Å². The predicted molar refractivity (Wildman–Crippen MR) is 67.5 cm³/mol. The number of alkyl halides is 1. The van der Waals surface area contributed by atoms with Gasteiger partial charge in [0.15, 0.2) is 5.82 Å². The van der Waals surface area contributed by atoms with Crippen LogP contribution in [0.25, 0.3) is 11.4 Å². The average molecular weight is 270 g/mol. The molecule has 0 spiro atoms. The molecule has 6 heteroatoms. The number of hydrogen-bond acceptors (Lipinski definition) is 4. The van der Waals surface area contributed by atoms with E-state index in [2.05, 4.69) is 15.0 Å². The molecule has 2 aromatic rings. The Morgan fingerprint density at radius 2 is 2.00 bits per heavy atom. The molecule has 0 N–H and O–H groups in total. The van der Waals surface area contributed by atoms with Gasteiger partial charge in [-0.3, -0.25) is 4.98 Å². The largest absolute Gasteiger partial charge is 0.265 e. The van der Waals surface area contributed by atoms with Crippen molar-refractivity contribution in [3.8, 4) is 11.4 Å². The number of aromatic nitrogens is 3. The van der Waals surface area contributed by atoms with Crippen LogP contribution in [0.5, 0.6) is 0 Å². The summed E-state index contributed by atoms with van der Waals surface area (Å²) in [7, 11) is 0. The van der Waals surface area contributed by atoms with E-state index >= 15 is 0 Å². The van der Waals surface area contributed by atoms with Gasteiger partial charge in [0.05, 0.1) is 5.69 Å². The Morgan fingerprint density at radius 1 is 1.24 bits per heavy atom. The number of rotatable bonds is 4. The van der Waals surface area contributed by atoms with Crippen molar-refractivity contribution in [3.05, 3.63) is 41.4 Å². The Balaban J connectivity index is 2.32. The van der Waals surface area contributed by atoms with Gasteiger partial charge in [0.1, 0.15) is 11.2 Å². The van der Waals surface area contributed by atoms with E-state index in [4.69, 9.17) is 11.6 Å². The molecule has 0 unspecified atom stereocenters. The number of thioether (sulfide) groups is 1. The fourth-order valence-corrected chi connectivity index (χ4v) is 1.95. The first kappa shape index (κ1) is 12.3. The number of hydrogen-bond donors (Lipinski definition) is 0. The maximum absolute atomic E-state index is 12.1. The summed E-state index contributed by atoms with van der Waals surface area (Å²) in [6.07, 6.45) is 3.32. The molecule has 0 aromatic carbocycles. The van der Waals surface area contributed by atoms with Crippen molar-refractivity contribution in [2.24, 2.45) is 0 Å². The maximum Gasteiger partial charge on any atom is 0.161 e. The van der Waals surface area contributed by atoms with Gasteiger partial charge in [-0.25, -0.2) is 14.4 Å². The molecule has 0 saturated carbocycles. The normalized spacial score (nSPS) is 10.5. The van der Waals surface area contributed by atoms with Crippen LogP contribution in [0.3, 0.4) is 0 Å². The summed E-state index contributed by atoms with van der Waals surface area (Å²) in [4.78, 5) is 12.4. The predicted octanol–water partition coefficient (Wildman–Crippen LogP) is 3.35. The van der Waals surface area contributed by atoms with Crippen LogP contribution in [-0.2, 0) is 5.75 Å². The van der Waals surface area contributed by atoms with Crippen LogP contribution in [0, 0.1) is 0 Å². The first-order valence-electron chi connectivity index (χ1n) is 4.87. The molecule has 88 valence electrons. The third-order valence-electron chi connectivity index (χ3n) is 2.01. The van der Waals surface area contributed by atoms with E-state index in [1.54, 1.807) is 30.6 Å². The summed E-state index contributed by atoms with van der Waals surface area (Å²) in [5, 5.41) is 0.362. The highest BCUT2D eigenvalue weighted by Gasteiger charge is 2.05. The third-order valence-corrected chi connectivity index (χ3v) is 2.86. The standard InChI is InChI=1S/C11H9ClFN3S/c12-10-5-9(6-17-7-13)15-11(16-10)8-1-3-14-4-2-8/h1-5H,6-7H2. The number of nitrogens with zero attached hydrogens (tertiary/aromatic N) is 3. The van der Waals surface area contributed by atoms with Gasteiger partial charge in [0.25, 0.3) is 0 Å². The molecular formula is C11H9ClFN3S. The van der Waals surface area contributed by atoms with Crippen molar-refractivity contribution < 1.29 is 4.39 Å². The van der Waals surface area contributed by atoms with Gasteiger partial charge in [0, 0.05) is 23.7 Å². The Labute approximate surface area is 107 Å². The SMILES string of the molecule is FCSCc1cc(Cl)nc(-c2ccncc2)n1. The van der Waals surface area contributed by atoms with E-state index in [1.807, 2.05) is 0 Å². The van der Waals surface area contributed by atoms with Gasteiger partial charge in [-0.05, 0) is 18.2 Å². The van der Waals surface area contributed by atoms with Crippen LogP contribution < -0.4 is 0 Å². The third kappa shape index (κ3) is 3.38. The summed E-state index contributed by atoms with van der Waals surface area (Å²) in [5.74, 6) is 1.02. The summed E-state index contributed by atoms with van der Waals surface area (Å²) in [5.41, 5.74) is 1.56. The Bertz CT molecular complexity index is 495. The smallest absolute Gasteiger partial charge is 0.161 e. The fourth-order valence-electron chi connectivity index (χ4n) is 1.31. The quantitative estimate of drug-likeness (QED) is 0.798. The van der Waals surface area contributed by atoms with Crippen LogP contribution >= 0.6 is 23.4 Å². The zero-order valence-electron chi connectivity index (χ0n) is 8.81. The molecule has 0 aliphatic rings. The lowest BCUT2D eigenvalue weighted by molar-refractivity contribution is 0.605. The second kappa shape index (κ2) is 5.93. The van der Waals surface area contributed by atoms with Gasteiger partial charge < -0.3 is 0 Å². The molecule has 0 atom stereocenters. The molecule has 2 aromatic heterocycles. The zero-order chi connectivity index (χ0) is 12.1. The molecule has 0 aliphatic carbocycles. The summed E-state index contributed by atoms with van der Waals surface area (Å²) in [6.45, 7) is 0. The lowest BCUT2D eigenvalue weighted by Gasteiger charge is -2.04. The maximum atomic E-state index is 12.1. The first-order chi connectivity index (χ1) is 8.29. The molecule has 0 amide bonds. The second-order valence-electron chi connectivity index (χ2n) is 3.20. The minimum absolute atomic E-state index is 0.362. The van der Waals surface area contributed by atoms with E-state index in [1.165, 1.54) is 0 Å². The Kier molecular flexibility index (Phi) is 4.28. The molecule has 0 bridgehead atoms. The molecule has 17 heavy (non-hydrogen) atoms. The van der Waals surface area contributed by atoms with Gasteiger partial charge in [-0.1, -0.05) is 11.6 Å². The lowest BCUT2D eigenvalue weighted by Crippen LogP contribution is -1.95. The average Bonchev–Trinajstić information content (AvgIpc) is 2.37. The highest BCUT2D eigenvalue weighted by atomic mass is 35.5. The van der Waals surface area contributed by atoms with E-state index < -0.39 is 6.01 Å². The molecule has 0 radical (unpaired) electrons. The highest BCUT2D eigenvalue weighted by Crippen LogP contribution is 2.19. The Morgan fingerprint density at radius 3 is 2.71 bits per heavy atom. The van der Waals surface area contributed by atoms with Crippen molar-refractivity contribution in [3.63, 3.8) is 0 Å². The van der Waals surface area contributed by atoms with Crippen molar-refractivity contribution >= 4 is 23.4 Å². The molecule has 3 nitrogen and oxygen atoms in total. The summed E-state index contributed by atoms with van der Waals surface area (Å²) < 4.78 is 12.1. The van der Waals surface area contributed by atoms with Gasteiger partial charge in [0.2, 0.25) is 0 Å². The molecule has 2 heterocycles. The number of halogens is 2. The van der Waals surface area contributed by atoms with Crippen LogP contribution in [-0.4, -0.2) is 21.0 Å². The van der Waals surface area contributed by atoms with Gasteiger partial charge in [-0.2, -0.15) is 0 Å². The monoisotopic (exact) mass is 269 g/mol. The molecular weight excluding hydrogens is 261 g/mol. The van der Waals surface area contributed by atoms with E-state index in [9.17, 15) is 4.39 Å². The van der Waals surface area contributed by atoms with Gasteiger partial charge in [-0.15, -0.1) is 11.8 Å². The minimum Gasteiger partial charge on any atom is -0.265 e. The van der Waals surface area contributed by atoms with Crippen molar-refractivity contribution in [1.29, 1.82) is 0 Å². The summed E-state index contributed by atoms with van der Waals surface area (Å²) >= 11 is 7.05. The van der Waals surface area contributed by atoms with Crippen LogP contribution in [0.4, 0.5) is 4.39 Å². The molecule has 0 aliphatic heterocycles. The van der Waals surface area contributed by atoms with E-state index in [0.717, 1.165) is 23.0 Å². The van der Waals surface area contributed by atoms with Crippen molar-refractivity contribution in [2.45, 2.75) is 5.75 Å². The van der Waals surface area contributed by atoms with Crippen molar-refractivity contribution in [2.75, 3.05) is 6.01 Å². The lowest BCUT2D eigenvalue weighted by atomic mass is 10.2. The number of pyridine rings is 1. The molecule has 0 saturated heterocycles. The van der Waals surface area contributed by atoms with E-state index in [0.29, 0.717) is 16.7 Å². The fraction of sp³-hybridized carbons (Fsp3) is 0.182. The topological polar surface area (TPSA) is 38.7 Å². The van der Waals surface area contributed by atoms with Crippen LogP contribution in [0.2, 0.25) is 5.15 Å². The zero-order valence-corrected chi connectivity index (χ0v) is 10.4. The second-order valence-corrected chi connectivity index (χ2v) is 4.50. The van der Waals surface area contributed by atoms with Crippen LogP contribution in [0.1, 0.15) is 5.69 Å². The van der Waals surface area contributed by atoms with Crippen LogP contribution in [0.15, 0.2) is 30.6 Å². The first-order valence-corrected chi connectivity index (χ1v) is 6.40. The minimum atomic E-state index is -0.438. The summed E-state index contributed by atoms with van der Waals surface area (Å²) in [6, 6.07) is 4.82. The molecule has 2 rings (SSSR count). The Hall–Kier alpha value is -1.20. The highest BCUT2D eigenvalue weighted by molar-refractivity contribution is 7.98.